The number of nitrogens with zero attached hydrogens (tertiary/aromatic N) is 6. The normalized spacial score (nSPS) is 17.1. The molecule has 47 heavy (non-hydrogen) atoms. The Kier molecular flexibility index (Phi) is 21.0. The predicted octanol–water partition coefficient (Wildman–Crippen LogP) is 2.10. The highest BCUT2D eigenvalue weighted by Crippen LogP contribution is 2.21. The van der Waals surface area contributed by atoms with Gasteiger partial charge in [0.25, 0.3) is 0 Å². The van der Waals surface area contributed by atoms with E-state index in [4.69, 9.17) is 15.3 Å². The van der Waals surface area contributed by atoms with Gasteiger partial charge in [0.1, 0.15) is 40.0 Å². The average Bonchev–Trinajstić information content (AvgIpc) is 3.00. The van der Waals surface area contributed by atoms with Gasteiger partial charge in [-0.3, -0.25) is 14.4 Å². The SMILES string of the molecule is O=C(O)CCCCCCCCN1CN2CN(CCCCCCCCC(=O)O)C[N+]3=C2N(C1)CN(CCCCCCCCC(=O)O)C3.[Cl-]. The van der Waals surface area contributed by atoms with Crippen LogP contribution in [0.2, 0.25) is 0 Å². The molecule has 3 heterocycles. The first kappa shape index (κ1) is 41.0. The second-order valence-electron chi connectivity index (χ2n) is 13.7. The van der Waals surface area contributed by atoms with Crippen LogP contribution in [0.25, 0.3) is 0 Å². The van der Waals surface area contributed by atoms with Crippen molar-refractivity contribution in [1.82, 2.24) is 24.5 Å². The number of hydrogen-bond donors (Lipinski definition) is 3. The van der Waals surface area contributed by atoms with Gasteiger partial charge in [0.05, 0.1) is 0 Å². The molecule has 0 atom stereocenters. The molecular weight excluding hydrogens is 624 g/mol. The summed E-state index contributed by atoms with van der Waals surface area (Å²) in [6, 6.07) is 0. The van der Waals surface area contributed by atoms with Gasteiger partial charge in [-0.15, -0.1) is 0 Å². The Morgan fingerprint density at radius 2 is 0.723 bits per heavy atom. The molecule has 1 saturated heterocycles. The van der Waals surface area contributed by atoms with Crippen LogP contribution < -0.4 is 12.4 Å². The molecule has 3 aliphatic heterocycles. The van der Waals surface area contributed by atoms with Crippen molar-refractivity contribution in [1.29, 1.82) is 0 Å². The van der Waals surface area contributed by atoms with Crippen LogP contribution in [0.5, 0.6) is 0 Å². The van der Waals surface area contributed by atoms with Gasteiger partial charge >= 0.3 is 23.9 Å². The van der Waals surface area contributed by atoms with Crippen LogP contribution >= 0.6 is 0 Å². The Morgan fingerprint density at radius 3 is 1.06 bits per heavy atom. The Balaban J connectivity index is 0.00000768. The zero-order valence-electron chi connectivity index (χ0n) is 28.8. The fraction of sp³-hybridized carbons (Fsp3) is 0.882. The first-order valence-electron chi connectivity index (χ1n) is 18.3. The maximum Gasteiger partial charge on any atom is 0.356 e. The van der Waals surface area contributed by atoms with E-state index in [1.807, 2.05) is 0 Å². The summed E-state index contributed by atoms with van der Waals surface area (Å²) >= 11 is 0. The Hall–Kier alpha value is -2.15. The molecule has 13 heteroatoms. The highest BCUT2D eigenvalue weighted by atomic mass is 35.5. The average molecular weight is 687 g/mol. The monoisotopic (exact) mass is 686 g/mol. The molecule has 3 rings (SSSR count). The van der Waals surface area contributed by atoms with E-state index in [0.717, 1.165) is 117 Å². The Bertz CT molecular complexity index is 900. The molecule has 0 saturated carbocycles. The first-order chi connectivity index (χ1) is 22.3. The van der Waals surface area contributed by atoms with E-state index in [1.165, 1.54) is 63.7 Å². The van der Waals surface area contributed by atoms with Crippen LogP contribution in [0, 0.1) is 0 Å². The van der Waals surface area contributed by atoms with E-state index in [2.05, 4.69) is 29.1 Å². The van der Waals surface area contributed by atoms with Crippen LogP contribution in [0.4, 0.5) is 0 Å². The molecule has 0 aliphatic carbocycles. The number of carboxylic acids is 3. The standard InChI is InChI=1S/C34H62N6O6.ClH/c41-31(42)19-13-7-1-4-10-16-22-35-25-38-27-36(23-17-11-5-2-8-14-20-32(43)44)29-40-30-37(28-39(26-35)34(38)40)24-18-12-6-3-9-15-21-33(45)46;/h1-30H2,(H2-,41,42,43,44,45,46);1H. The molecule has 0 unspecified atom stereocenters. The predicted molar refractivity (Wildman–Crippen MR) is 178 cm³/mol. The van der Waals surface area contributed by atoms with Gasteiger partial charge in [0.2, 0.25) is 0 Å². The highest BCUT2D eigenvalue weighted by molar-refractivity contribution is 5.76. The van der Waals surface area contributed by atoms with Crippen LogP contribution in [-0.4, -0.2) is 128 Å². The van der Waals surface area contributed by atoms with Gasteiger partial charge in [-0.05, 0) is 38.5 Å². The summed E-state index contributed by atoms with van der Waals surface area (Å²) in [7, 11) is 0. The number of carboxylic acid groups (broad SMARTS) is 3. The fourth-order valence-electron chi connectivity index (χ4n) is 7.08. The van der Waals surface area contributed by atoms with E-state index in [1.54, 1.807) is 0 Å². The molecule has 0 spiro atoms. The molecule has 0 aromatic heterocycles. The van der Waals surface area contributed by atoms with E-state index < -0.39 is 17.9 Å². The van der Waals surface area contributed by atoms with E-state index in [0.29, 0.717) is 0 Å². The molecule has 0 aromatic rings. The number of rotatable bonds is 27. The van der Waals surface area contributed by atoms with E-state index in [-0.39, 0.29) is 31.7 Å². The molecule has 1 fully saturated rings. The third kappa shape index (κ3) is 17.2. The third-order valence-corrected chi connectivity index (χ3v) is 9.42. The van der Waals surface area contributed by atoms with Crippen LogP contribution in [-0.2, 0) is 14.4 Å². The van der Waals surface area contributed by atoms with Crippen molar-refractivity contribution in [2.45, 2.75) is 135 Å². The molecule has 0 bridgehead atoms. The smallest absolute Gasteiger partial charge is 0.356 e. The number of halogens is 1. The lowest BCUT2D eigenvalue weighted by molar-refractivity contribution is -0.596. The quantitative estimate of drug-likeness (QED) is 0.0868. The molecule has 0 aromatic carbocycles. The van der Waals surface area contributed by atoms with Crippen LogP contribution in [0.1, 0.15) is 135 Å². The molecule has 3 N–H and O–H groups in total. The number of aliphatic carboxylic acids is 3. The molecule has 12 nitrogen and oxygen atoms in total. The van der Waals surface area contributed by atoms with Crippen molar-refractivity contribution in [3.63, 3.8) is 0 Å². The lowest BCUT2D eigenvalue weighted by Gasteiger charge is -2.48. The summed E-state index contributed by atoms with van der Waals surface area (Å²) in [6.07, 6.45) is 20.2. The van der Waals surface area contributed by atoms with Gasteiger partial charge < -0.3 is 27.7 Å². The zero-order chi connectivity index (χ0) is 33.0. The number of guanidine groups is 1. The lowest BCUT2D eigenvalue weighted by atomic mass is 10.1. The van der Waals surface area contributed by atoms with E-state index >= 15 is 0 Å². The minimum atomic E-state index is -0.692. The van der Waals surface area contributed by atoms with Crippen molar-refractivity contribution in [2.75, 3.05) is 59.6 Å². The van der Waals surface area contributed by atoms with Crippen LogP contribution in [0.3, 0.4) is 0 Å². The number of unbranched alkanes of at least 4 members (excludes halogenated alkanes) is 15. The van der Waals surface area contributed by atoms with Gasteiger partial charge in [0.15, 0.2) is 0 Å². The van der Waals surface area contributed by atoms with Gasteiger partial charge in [-0.2, -0.15) is 0 Å². The summed E-state index contributed by atoms with van der Waals surface area (Å²) in [5.74, 6) is -0.689. The summed E-state index contributed by atoms with van der Waals surface area (Å²) in [5, 5.41) is 26.5. The largest absolute Gasteiger partial charge is 1.00 e. The molecule has 272 valence electrons. The summed E-state index contributed by atoms with van der Waals surface area (Å²) < 4.78 is 2.57. The summed E-state index contributed by atoms with van der Waals surface area (Å²) in [5.41, 5.74) is 0. The second kappa shape index (κ2) is 24.1. The van der Waals surface area contributed by atoms with Gasteiger partial charge in [-0.1, -0.05) is 77.0 Å². The topological polar surface area (TPSA) is 131 Å². The fourth-order valence-corrected chi connectivity index (χ4v) is 7.08. The third-order valence-electron chi connectivity index (χ3n) is 9.42. The minimum Gasteiger partial charge on any atom is -1.00 e. The van der Waals surface area contributed by atoms with Crippen LogP contribution in [0.15, 0.2) is 0 Å². The Morgan fingerprint density at radius 1 is 0.447 bits per heavy atom. The van der Waals surface area contributed by atoms with Gasteiger partial charge in [-0.25, -0.2) is 29.1 Å². The van der Waals surface area contributed by atoms with Crippen molar-refractivity contribution in [3.05, 3.63) is 0 Å². The molecular formula is C34H63ClN6O6. The molecule has 0 amide bonds. The van der Waals surface area contributed by atoms with Crippen molar-refractivity contribution in [3.8, 4) is 0 Å². The number of hydrogen-bond acceptors (Lipinski definition) is 8. The van der Waals surface area contributed by atoms with Crippen molar-refractivity contribution in [2.24, 2.45) is 0 Å². The van der Waals surface area contributed by atoms with Crippen molar-refractivity contribution < 1.29 is 46.7 Å². The summed E-state index contributed by atoms with van der Waals surface area (Å²) in [4.78, 5) is 45.1. The van der Waals surface area contributed by atoms with Crippen molar-refractivity contribution >= 4 is 23.9 Å². The minimum absolute atomic E-state index is 0. The highest BCUT2D eigenvalue weighted by Gasteiger charge is 2.44. The zero-order valence-corrected chi connectivity index (χ0v) is 29.6. The van der Waals surface area contributed by atoms with E-state index in [9.17, 15) is 14.4 Å². The lowest BCUT2D eigenvalue weighted by Crippen LogP contribution is -3.00. The molecule has 0 radical (unpaired) electrons. The maximum atomic E-state index is 10.7. The first-order valence-corrected chi connectivity index (χ1v) is 18.3. The maximum absolute atomic E-state index is 10.7. The summed E-state index contributed by atoms with van der Waals surface area (Å²) in [6.45, 7) is 9.01. The second-order valence-corrected chi connectivity index (χ2v) is 13.7. The molecule has 3 aliphatic rings. The number of carbonyl (C=O) groups is 3. The Labute approximate surface area is 289 Å². The van der Waals surface area contributed by atoms with Gasteiger partial charge in [0, 0.05) is 38.9 Å².